The normalized spacial score (nSPS) is 13.0. The SMILES string of the molecule is Cc1ccc(NC(=O)C(C)OCC(F)(F)F)cc1S(=O)(=O)Nc1ccc(Cl)cc1. The van der Waals surface area contributed by atoms with E-state index < -0.39 is 34.8 Å². The standard InChI is InChI=1S/C18H18ClF3N2O4S/c1-11-3-6-15(23-17(25)12(2)28-10-18(20,21)22)9-16(11)29(26,27)24-14-7-4-13(19)5-8-14/h3-9,12,24H,10H2,1-2H3,(H,23,25). The molecule has 29 heavy (non-hydrogen) atoms. The first-order chi connectivity index (χ1) is 13.4. The van der Waals surface area contributed by atoms with Gasteiger partial charge in [-0.05, 0) is 55.8 Å². The summed E-state index contributed by atoms with van der Waals surface area (Å²) in [6.07, 6.45) is -5.95. The Bertz CT molecular complexity index is 980. The first-order valence-electron chi connectivity index (χ1n) is 8.25. The molecular weight excluding hydrogens is 433 g/mol. The minimum atomic E-state index is -4.56. The van der Waals surface area contributed by atoms with Crippen LogP contribution in [0, 0.1) is 6.92 Å². The number of halogens is 4. The van der Waals surface area contributed by atoms with Gasteiger partial charge in [0.15, 0.2) is 0 Å². The van der Waals surface area contributed by atoms with Crippen molar-refractivity contribution >= 4 is 38.9 Å². The third kappa shape index (κ3) is 6.91. The summed E-state index contributed by atoms with van der Waals surface area (Å²) in [6, 6.07) is 10.1. The van der Waals surface area contributed by atoms with E-state index in [9.17, 15) is 26.4 Å². The Balaban J connectivity index is 2.16. The first kappa shape index (κ1) is 23.0. The molecule has 0 saturated heterocycles. The average Bonchev–Trinajstić information content (AvgIpc) is 2.62. The number of rotatable bonds is 7. The lowest BCUT2D eigenvalue weighted by atomic mass is 10.2. The fraction of sp³-hybridized carbons (Fsp3) is 0.278. The lowest BCUT2D eigenvalue weighted by molar-refractivity contribution is -0.184. The van der Waals surface area contributed by atoms with Crippen LogP contribution in [0.3, 0.4) is 0 Å². The molecule has 6 nitrogen and oxygen atoms in total. The van der Waals surface area contributed by atoms with E-state index in [1.165, 1.54) is 42.5 Å². The lowest BCUT2D eigenvalue weighted by Gasteiger charge is -2.16. The Morgan fingerprint density at radius 3 is 2.31 bits per heavy atom. The number of anilines is 2. The van der Waals surface area contributed by atoms with E-state index in [0.29, 0.717) is 10.6 Å². The highest BCUT2D eigenvalue weighted by Gasteiger charge is 2.30. The number of nitrogens with one attached hydrogen (secondary N) is 2. The van der Waals surface area contributed by atoms with E-state index in [1.54, 1.807) is 6.92 Å². The summed E-state index contributed by atoms with van der Waals surface area (Å²) in [5.41, 5.74) is 0.794. The van der Waals surface area contributed by atoms with E-state index >= 15 is 0 Å². The Kier molecular flexibility index (Phi) is 7.15. The molecule has 158 valence electrons. The van der Waals surface area contributed by atoms with E-state index in [-0.39, 0.29) is 16.3 Å². The molecule has 2 N–H and O–H groups in total. The Hall–Kier alpha value is -2.30. The largest absolute Gasteiger partial charge is 0.411 e. The number of carbonyl (C=O) groups is 1. The predicted octanol–water partition coefficient (Wildman–Crippen LogP) is 4.36. The number of carbonyl (C=O) groups excluding carboxylic acids is 1. The Morgan fingerprint density at radius 2 is 1.72 bits per heavy atom. The van der Waals surface area contributed by atoms with Crippen LogP contribution in [0.2, 0.25) is 5.02 Å². The van der Waals surface area contributed by atoms with Gasteiger partial charge in [-0.2, -0.15) is 13.2 Å². The highest BCUT2D eigenvalue weighted by molar-refractivity contribution is 7.92. The third-order valence-electron chi connectivity index (χ3n) is 3.71. The van der Waals surface area contributed by atoms with Gasteiger partial charge in [-0.3, -0.25) is 9.52 Å². The van der Waals surface area contributed by atoms with Crippen LogP contribution in [0.4, 0.5) is 24.5 Å². The maximum atomic E-state index is 12.7. The molecule has 1 atom stereocenters. The molecule has 2 aromatic carbocycles. The van der Waals surface area contributed by atoms with Crippen molar-refractivity contribution in [2.75, 3.05) is 16.6 Å². The number of alkyl halides is 3. The van der Waals surface area contributed by atoms with Gasteiger partial charge in [0.05, 0.1) is 4.90 Å². The van der Waals surface area contributed by atoms with Gasteiger partial charge in [-0.25, -0.2) is 8.42 Å². The summed E-state index contributed by atoms with van der Waals surface area (Å²) in [7, 11) is -3.99. The number of sulfonamides is 1. The van der Waals surface area contributed by atoms with Gasteiger partial charge in [-0.15, -0.1) is 0 Å². The summed E-state index contributed by atoms with van der Waals surface area (Å²) in [6.45, 7) is 1.16. The molecule has 0 saturated carbocycles. The fourth-order valence-electron chi connectivity index (χ4n) is 2.23. The van der Waals surface area contributed by atoms with Crippen molar-refractivity contribution in [1.82, 2.24) is 0 Å². The van der Waals surface area contributed by atoms with Gasteiger partial charge >= 0.3 is 6.18 Å². The highest BCUT2D eigenvalue weighted by Crippen LogP contribution is 2.24. The molecule has 1 amide bonds. The summed E-state index contributed by atoms with van der Waals surface area (Å²) < 4.78 is 68.8. The predicted molar refractivity (Wildman–Crippen MR) is 104 cm³/mol. The molecular formula is C18H18ClF3N2O4S. The van der Waals surface area contributed by atoms with E-state index in [1.807, 2.05) is 0 Å². The smallest absolute Gasteiger partial charge is 0.359 e. The van der Waals surface area contributed by atoms with E-state index in [4.69, 9.17) is 11.6 Å². The van der Waals surface area contributed by atoms with E-state index in [2.05, 4.69) is 14.8 Å². The molecule has 0 aliphatic carbocycles. The molecule has 0 spiro atoms. The van der Waals surface area contributed by atoms with Crippen molar-refractivity contribution in [2.24, 2.45) is 0 Å². The number of hydrogen-bond acceptors (Lipinski definition) is 4. The van der Waals surface area contributed by atoms with Crippen molar-refractivity contribution in [2.45, 2.75) is 31.0 Å². The second-order valence-electron chi connectivity index (χ2n) is 6.15. The van der Waals surface area contributed by atoms with Crippen molar-refractivity contribution in [3.05, 3.63) is 53.1 Å². The Labute approximate surface area is 171 Å². The van der Waals surface area contributed by atoms with Crippen molar-refractivity contribution < 1.29 is 31.1 Å². The minimum Gasteiger partial charge on any atom is -0.359 e. The van der Waals surface area contributed by atoms with Crippen LogP contribution in [-0.4, -0.2) is 33.2 Å². The molecule has 0 aromatic heterocycles. The summed E-state index contributed by atoms with van der Waals surface area (Å²) in [4.78, 5) is 11.9. The maximum Gasteiger partial charge on any atom is 0.411 e. The second kappa shape index (κ2) is 9.02. The van der Waals surface area contributed by atoms with Crippen LogP contribution >= 0.6 is 11.6 Å². The lowest BCUT2D eigenvalue weighted by Crippen LogP contribution is -2.31. The van der Waals surface area contributed by atoms with Crippen LogP contribution in [0.5, 0.6) is 0 Å². The van der Waals surface area contributed by atoms with Crippen LogP contribution in [0.1, 0.15) is 12.5 Å². The zero-order valence-corrected chi connectivity index (χ0v) is 17.0. The zero-order valence-electron chi connectivity index (χ0n) is 15.4. The molecule has 0 aliphatic heterocycles. The van der Waals surface area contributed by atoms with Crippen molar-refractivity contribution in [1.29, 1.82) is 0 Å². The third-order valence-corrected chi connectivity index (χ3v) is 5.48. The van der Waals surface area contributed by atoms with Crippen LogP contribution in [0.25, 0.3) is 0 Å². The summed E-state index contributed by atoms with van der Waals surface area (Å²) in [5, 5.41) is 2.79. The number of amides is 1. The molecule has 2 aromatic rings. The molecule has 2 rings (SSSR count). The zero-order chi connectivity index (χ0) is 21.8. The van der Waals surface area contributed by atoms with Crippen molar-refractivity contribution in [3.8, 4) is 0 Å². The van der Waals surface area contributed by atoms with E-state index in [0.717, 1.165) is 6.92 Å². The maximum absolute atomic E-state index is 12.7. The topological polar surface area (TPSA) is 84.5 Å². The van der Waals surface area contributed by atoms with Crippen LogP contribution in [-0.2, 0) is 19.6 Å². The number of benzene rings is 2. The van der Waals surface area contributed by atoms with Crippen molar-refractivity contribution in [3.63, 3.8) is 0 Å². The van der Waals surface area contributed by atoms with Gasteiger partial charge in [0.2, 0.25) is 0 Å². The van der Waals surface area contributed by atoms with Gasteiger partial charge in [0, 0.05) is 16.4 Å². The van der Waals surface area contributed by atoms with Gasteiger partial charge < -0.3 is 10.1 Å². The highest BCUT2D eigenvalue weighted by atomic mass is 35.5. The molecule has 1 unspecified atom stereocenters. The molecule has 0 radical (unpaired) electrons. The number of hydrogen-bond donors (Lipinski definition) is 2. The minimum absolute atomic E-state index is 0.0968. The average molecular weight is 451 g/mol. The van der Waals surface area contributed by atoms with Gasteiger partial charge in [-0.1, -0.05) is 17.7 Å². The first-order valence-corrected chi connectivity index (χ1v) is 10.1. The molecule has 0 aliphatic rings. The number of ether oxygens (including phenoxy) is 1. The molecule has 11 heteroatoms. The van der Waals surface area contributed by atoms with Crippen LogP contribution < -0.4 is 10.0 Å². The summed E-state index contributed by atoms with van der Waals surface area (Å²) in [5.74, 6) is -0.841. The monoisotopic (exact) mass is 450 g/mol. The number of aryl methyl sites for hydroxylation is 1. The Morgan fingerprint density at radius 1 is 1.14 bits per heavy atom. The molecule has 0 bridgehead atoms. The second-order valence-corrected chi connectivity index (χ2v) is 8.24. The molecule has 0 heterocycles. The molecule has 0 fully saturated rings. The van der Waals surface area contributed by atoms with Gasteiger partial charge in [0.25, 0.3) is 15.9 Å². The van der Waals surface area contributed by atoms with Gasteiger partial charge in [0.1, 0.15) is 12.7 Å². The summed E-state index contributed by atoms with van der Waals surface area (Å²) >= 11 is 5.78. The fourth-order valence-corrected chi connectivity index (χ4v) is 3.69. The van der Waals surface area contributed by atoms with Crippen LogP contribution in [0.15, 0.2) is 47.4 Å². The quantitative estimate of drug-likeness (QED) is 0.656.